The summed E-state index contributed by atoms with van der Waals surface area (Å²) < 4.78 is 5.30. The average molecular weight is 176 g/mol. The maximum Gasteiger partial charge on any atom is 0.124 e. The van der Waals surface area contributed by atoms with Crippen LogP contribution in [0.25, 0.3) is 0 Å². The molecule has 0 bridgehead atoms. The molecule has 13 heavy (non-hydrogen) atoms. The number of methoxy groups -OCH3 is 1. The highest BCUT2D eigenvalue weighted by molar-refractivity contribution is 5.45. The van der Waals surface area contributed by atoms with Crippen molar-refractivity contribution in [3.8, 4) is 0 Å². The molecule has 0 unspecified atom stereocenters. The third kappa shape index (κ3) is 2.35. The number of allylic oxidation sites excluding steroid dienone is 6. The van der Waals surface area contributed by atoms with E-state index < -0.39 is 0 Å². The van der Waals surface area contributed by atoms with Crippen LogP contribution in [0.5, 0.6) is 0 Å². The average Bonchev–Trinajstić information content (AvgIpc) is 2.47. The van der Waals surface area contributed by atoms with Gasteiger partial charge in [0.15, 0.2) is 0 Å². The Morgan fingerprint density at radius 1 is 1.38 bits per heavy atom. The van der Waals surface area contributed by atoms with Gasteiger partial charge in [0.1, 0.15) is 5.76 Å². The Bertz CT molecular complexity index is 290. The quantitative estimate of drug-likeness (QED) is 0.599. The smallest absolute Gasteiger partial charge is 0.124 e. The standard InChI is InChI=1S/C12H16O/c1-4-5-6-7-11-9-8-10(2)12(11)13-3/h4-7,9H,8H2,1-3H3/b5-4-,7-6-. The Labute approximate surface area is 80.1 Å². The Morgan fingerprint density at radius 3 is 2.77 bits per heavy atom. The van der Waals surface area contributed by atoms with Crippen LogP contribution >= 0.6 is 0 Å². The maximum atomic E-state index is 5.30. The highest BCUT2D eigenvalue weighted by atomic mass is 16.5. The van der Waals surface area contributed by atoms with Crippen molar-refractivity contribution >= 4 is 0 Å². The molecule has 0 atom stereocenters. The lowest BCUT2D eigenvalue weighted by atomic mass is 10.2. The van der Waals surface area contributed by atoms with Gasteiger partial charge in [-0.3, -0.25) is 0 Å². The van der Waals surface area contributed by atoms with Gasteiger partial charge in [-0.05, 0) is 25.8 Å². The number of hydrogen-bond acceptors (Lipinski definition) is 1. The molecular weight excluding hydrogens is 160 g/mol. The molecule has 0 saturated heterocycles. The van der Waals surface area contributed by atoms with Crippen molar-refractivity contribution in [2.24, 2.45) is 0 Å². The van der Waals surface area contributed by atoms with Crippen molar-refractivity contribution in [2.75, 3.05) is 7.11 Å². The van der Waals surface area contributed by atoms with E-state index in [0.717, 1.165) is 12.2 Å². The first-order valence-corrected chi connectivity index (χ1v) is 4.53. The first-order chi connectivity index (χ1) is 6.29. The lowest BCUT2D eigenvalue weighted by Gasteiger charge is -2.03. The van der Waals surface area contributed by atoms with Crippen LogP contribution in [0.15, 0.2) is 47.3 Å². The monoisotopic (exact) mass is 176 g/mol. The minimum absolute atomic E-state index is 1.01. The van der Waals surface area contributed by atoms with Crippen LogP contribution in [0, 0.1) is 0 Å². The molecule has 1 aliphatic rings. The summed E-state index contributed by atoms with van der Waals surface area (Å²) in [5, 5.41) is 0. The van der Waals surface area contributed by atoms with Gasteiger partial charge in [0, 0.05) is 5.57 Å². The second-order valence-corrected chi connectivity index (χ2v) is 3.06. The molecule has 0 aromatic carbocycles. The van der Waals surface area contributed by atoms with Crippen LogP contribution in [0.3, 0.4) is 0 Å². The van der Waals surface area contributed by atoms with E-state index in [4.69, 9.17) is 4.74 Å². The molecular formula is C12H16O. The fourth-order valence-electron chi connectivity index (χ4n) is 1.40. The molecule has 0 saturated carbocycles. The third-order valence-electron chi connectivity index (χ3n) is 2.06. The van der Waals surface area contributed by atoms with Crippen LogP contribution in [-0.4, -0.2) is 7.11 Å². The second kappa shape index (κ2) is 4.70. The molecule has 0 aliphatic heterocycles. The molecule has 1 nitrogen and oxygen atoms in total. The van der Waals surface area contributed by atoms with Crippen LogP contribution in [0.2, 0.25) is 0 Å². The van der Waals surface area contributed by atoms with Crippen LogP contribution in [-0.2, 0) is 4.74 Å². The summed E-state index contributed by atoms with van der Waals surface area (Å²) in [5.41, 5.74) is 2.50. The summed E-state index contributed by atoms with van der Waals surface area (Å²) in [4.78, 5) is 0. The summed E-state index contributed by atoms with van der Waals surface area (Å²) >= 11 is 0. The van der Waals surface area contributed by atoms with Gasteiger partial charge in [0.2, 0.25) is 0 Å². The zero-order valence-corrected chi connectivity index (χ0v) is 8.50. The molecule has 0 heterocycles. The fourth-order valence-corrected chi connectivity index (χ4v) is 1.40. The van der Waals surface area contributed by atoms with Gasteiger partial charge in [-0.2, -0.15) is 0 Å². The summed E-state index contributed by atoms with van der Waals surface area (Å²) in [7, 11) is 1.72. The number of hydrogen-bond donors (Lipinski definition) is 0. The largest absolute Gasteiger partial charge is 0.496 e. The minimum Gasteiger partial charge on any atom is -0.496 e. The van der Waals surface area contributed by atoms with Crippen molar-refractivity contribution in [1.29, 1.82) is 0 Å². The second-order valence-electron chi connectivity index (χ2n) is 3.06. The summed E-state index contributed by atoms with van der Waals surface area (Å²) in [6.45, 7) is 4.11. The Hall–Kier alpha value is -1.24. The van der Waals surface area contributed by atoms with E-state index in [9.17, 15) is 0 Å². The first kappa shape index (κ1) is 9.85. The van der Waals surface area contributed by atoms with Gasteiger partial charge < -0.3 is 4.74 Å². The molecule has 0 aromatic heterocycles. The molecule has 70 valence electrons. The van der Waals surface area contributed by atoms with E-state index >= 15 is 0 Å². The van der Waals surface area contributed by atoms with Crippen molar-refractivity contribution in [3.05, 3.63) is 47.3 Å². The maximum absolute atomic E-state index is 5.30. The van der Waals surface area contributed by atoms with Crippen molar-refractivity contribution in [3.63, 3.8) is 0 Å². The predicted octanol–water partition coefficient (Wildman–Crippen LogP) is 3.37. The van der Waals surface area contributed by atoms with Gasteiger partial charge in [-0.25, -0.2) is 0 Å². The number of rotatable bonds is 3. The van der Waals surface area contributed by atoms with Crippen LogP contribution < -0.4 is 0 Å². The predicted molar refractivity (Wildman–Crippen MR) is 56.4 cm³/mol. The van der Waals surface area contributed by atoms with Crippen LogP contribution in [0.4, 0.5) is 0 Å². The van der Waals surface area contributed by atoms with Crippen LogP contribution in [0.1, 0.15) is 20.3 Å². The highest BCUT2D eigenvalue weighted by Crippen LogP contribution is 2.26. The summed E-state index contributed by atoms with van der Waals surface area (Å²) in [6.07, 6.45) is 11.3. The van der Waals surface area contributed by atoms with E-state index in [1.165, 1.54) is 11.1 Å². The normalized spacial score (nSPS) is 17.6. The molecule has 1 heteroatoms. The van der Waals surface area contributed by atoms with Crippen molar-refractivity contribution < 1.29 is 4.74 Å². The molecule has 0 aromatic rings. The van der Waals surface area contributed by atoms with Crippen molar-refractivity contribution in [2.45, 2.75) is 20.3 Å². The topological polar surface area (TPSA) is 9.23 Å². The molecule has 0 N–H and O–H groups in total. The molecule has 0 spiro atoms. The molecule has 0 fully saturated rings. The first-order valence-electron chi connectivity index (χ1n) is 4.53. The zero-order valence-electron chi connectivity index (χ0n) is 8.50. The molecule has 1 aliphatic carbocycles. The third-order valence-corrected chi connectivity index (χ3v) is 2.06. The highest BCUT2D eigenvalue weighted by Gasteiger charge is 2.11. The summed E-state index contributed by atoms with van der Waals surface area (Å²) in [6, 6.07) is 0. The Morgan fingerprint density at radius 2 is 2.15 bits per heavy atom. The Balaban J connectivity index is 2.73. The summed E-state index contributed by atoms with van der Waals surface area (Å²) in [5.74, 6) is 1.03. The van der Waals surface area contributed by atoms with E-state index in [0.29, 0.717) is 0 Å². The van der Waals surface area contributed by atoms with E-state index in [1.54, 1.807) is 7.11 Å². The number of ether oxygens (including phenoxy) is 1. The van der Waals surface area contributed by atoms with Gasteiger partial charge in [0.25, 0.3) is 0 Å². The lowest BCUT2D eigenvalue weighted by molar-refractivity contribution is 0.300. The van der Waals surface area contributed by atoms with Gasteiger partial charge >= 0.3 is 0 Å². The van der Waals surface area contributed by atoms with Gasteiger partial charge in [0.05, 0.1) is 7.11 Å². The SMILES string of the molecule is C/C=C\C=C/C1=CCC(C)=C1OC. The molecule has 0 amide bonds. The zero-order chi connectivity index (χ0) is 9.68. The van der Waals surface area contributed by atoms with Gasteiger partial charge in [-0.15, -0.1) is 0 Å². The van der Waals surface area contributed by atoms with E-state index in [1.807, 2.05) is 25.2 Å². The Kier molecular flexibility index (Phi) is 3.56. The van der Waals surface area contributed by atoms with E-state index in [2.05, 4.69) is 19.1 Å². The van der Waals surface area contributed by atoms with E-state index in [-0.39, 0.29) is 0 Å². The fraction of sp³-hybridized carbons (Fsp3) is 0.333. The lowest BCUT2D eigenvalue weighted by Crippen LogP contribution is -1.87. The van der Waals surface area contributed by atoms with Crippen molar-refractivity contribution in [1.82, 2.24) is 0 Å². The van der Waals surface area contributed by atoms with Gasteiger partial charge in [-0.1, -0.05) is 30.4 Å². The molecule has 0 radical (unpaired) electrons. The molecule has 1 rings (SSSR count). The minimum atomic E-state index is 1.01.